The molecule has 1 saturated heterocycles. The van der Waals surface area contributed by atoms with Gasteiger partial charge in [0.05, 0.1) is 5.69 Å². The lowest BCUT2D eigenvalue weighted by Gasteiger charge is -2.17. The fraction of sp³-hybridized carbons (Fsp3) is 0.417. The van der Waals surface area contributed by atoms with Gasteiger partial charge in [-0.05, 0) is 31.5 Å². The van der Waals surface area contributed by atoms with Gasteiger partial charge in [0.1, 0.15) is 5.82 Å². The lowest BCUT2D eigenvalue weighted by atomic mass is 10.2. The van der Waals surface area contributed by atoms with Gasteiger partial charge in [-0.25, -0.2) is 4.39 Å². The van der Waals surface area contributed by atoms with Crippen LogP contribution in [-0.2, 0) is 4.79 Å². The van der Waals surface area contributed by atoms with Gasteiger partial charge in [0.25, 0.3) is 0 Å². The number of hydrogen-bond acceptors (Lipinski definition) is 2. The maximum atomic E-state index is 13.6. The summed E-state index contributed by atoms with van der Waals surface area (Å²) in [6, 6.07) is 4.78. The first-order valence-corrected chi connectivity index (χ1v) is 5.56. The second kappa shape index (κ2) is 4.51. The molecule has 0 radical (unpaired) electrons. The van der Waals surface area contributed by atoms with E-state index in [2.05, 4.69) is 5.32 Å². The van der Waals surface area contributed by atoms with Crippen LogP contribution < -0.4 is 10.2 Å². The second-order valence-electron chi connectivity index (χ2n) is 3.85. The zero-order chi connectivity index (χ0) is 11.5. The Hall–Kier alpha value is -1.58. The summed E-state index contributed by atoms with van der Waals surface area (Å²) >= 11 is 0. The number of anilines is 2. The highest BCUT2D eigenvalue weighted by Crippen LogP contribution is 2.27. The van der Waals surface area contributed by atoms with E-state index in [4.69, 9.17) is 0 Å². The third-order valence-corrected chi connectivity index (χ3v) is 2.69. The van der Waals surface area contributed by atoms with E-state index in [-0.39, 0.29) is 11.7 Å². The third-order valence-electron chi connectivity index (χ3n) is 2.69. The van der Waals surface area contributed by atoms with E-state index in [1.54, 1.807) is 12.1 Å². The van der Waals surface area contributed by atoms with E-state index in [0.29, 0.717) is 18.7 Å². The number of benzene rings is 1. The fourth-order valence-corrected chi connectivity index (χ4v) is 1.94. The molecule has 1 heterocycles. The summed E-state index contributed by atoms with van der Waals surface area (Å²) in [5.41, 5.74) is 1.24. The first kappa shape index (κ1) is 10.9. The van der Waals surface area contributed by atoms with Crippen LogP contribution in [0.4, 0.5) is 15.8 Å². The molecule has 1 aliphatic rings. The summed E-state index contributed by atoms with van der Waals surface area (Å²) in [5, 5.41) is 3.11. The average Bonchev–Trinajstić information content (AvgIpc) is 2.68. The van der Waals surface area contributed by atoms with Crippen molar-refractivity contribution in [2.75, 3.05) is 23.3 Å². The maximum Gasteiger partial charge on any atom is 0.227 e. The molecule has 0 unspecified atom stereocenters. The molecular weight excluding hydrogens is 207 g/mol. The third kappa shape index (κ3) is 2.01. The monoisotopic (exact) mass is 222 g/mol. The number of amides is 1. The van der Waals surface area contributed by atoms with Gasteiger partial charge in [-0.1, -0.05) is 0 Å². The number of carbonyl (C=O) groups excluding carboxylic acids is 1. The number of halogens is 1. The summed E-state index contributed by atoms with van der Waals surface area (Å²) in [5.74, 6) is -0.329. The number of nitrogens with one attached hydrogen (secondary N) is 1. The highest BCUT2D eigenvalue weighted by Gasteiger charge is 2.24. The Balaban J connectivity index is 2.31. The molecule has 2 rings (SSSR count). The predicted octanol–water partition coefficient (Wildman–Crippen LogP) is 2.38. The topological polar surface area (TPSA) is 32.3 Å². The quantitative estimate of drug-likeness (QED) is 0.851. The van der Waals surface area contributed by atoms with Crippen molar-refractivity contribution in [2.24, 2.45) is 0 Å². The Kier molecular flexibility index (Phi) is 3.08. The molecule has 1 aromatic rings. The van der Waals surface area contributed by atoms with Crippen LogP contribution in [0.3, 0.4) is 0 Å². The van der Waals surface area contributed by atoms with Gasteiger partial charge in [-0.2, -0.15) is 0 Å². The molecule has 16 heavy (non-hydrogen) atoms. The molecule has 0 atom stereocenters. The second-order valence-corrected chi connectivity index (χ2v) is 3.85. The zero-order valence-electron chi connectivity index (χ0n) is 9.29. The smallest absolute Gasteiger partial charge is 0.227 e. The highest BCUT2D eigenvalue weighted by atomic mass is 19.1. The zero-order valence-corrected chi connectivity index (χ0v) is 9.29. The van der Waals surface area contributed by atoms with E-state index in [9.17, 15) is 9.18 Å². The van der Waals surface area contributed by atoms with Gasteiger partial charge in [0.15, 0.2) is 0 Å². The largest absolute Gasteiger partial charge is 0.385 e. The van der Waals surface area contributed by atoms with Crippen LogP contribution in [0.15, 0.2) is 18.2 Å². The van der Waals surface area contributed by atoms with Crippen molar-refractivity contribution < 1.29 is 9.18 Å². The van der Waals surface area contributed by atoms with E-state index >= 15 is 0 Å². The maximum absolute atomic E-state index is 13.6. The van der Waals surface area contributed by atoms with Crippen molar-refractivity contribution >= 4 is 17.3 Å². The van der Waals surface area contributed by atoms with Crippen LogP contribution in [0.25, 0.3) is 0 Å². The number of nitrogens with zero attached hydrogens (tertiary/aromatic N) is 1. The molecule has 3 nitrogen and oxygen atoms in total. The van der Waals surface area contributed by atoms with Crippen LogP contribution in [0, 0.1) is 5.82 Å². The van der Waals surface area contributed by atoms with Crippen LogP contribution in [0.5, 0.6) is 0 Å². The van der Waals surface area contributed by atoms with Crippen LogP contribution >= 0.6 is 0 Å². The van der Waals surface area contributed by atoms with Crippen molar-refractivity contribution in [1.29, 1.82) is 0 Å². The SMILES string of the molecule is CCNc1ccc(F)c(N2CCCC2=O)c1. The van der Waals surface area contributed by atoms with Gasteiger partial charge in [-0.15, -0.1) is 0 Å². The highest BCUT2D eigenvalue weighted by molar-refractivity contribution is 5.95. The Morgan fingerprint density at radius 3 is 2.94 bits per heavy atom. The fourth-order valence-electron chi connectivity index (χ4n) is 1.94. The summed E-state index contributed by atoms with van der Waals surface area (Å²) in [6.07, 6.45) is 1.33. The Morgan fingerprint density at radius 1 is 1.50 bits per heavy atom. The van der Waals surface area contributed by atoms with Crippen molar-refractivity contribution in [1.82, 2.24) is 0 Å². The Morgan fingerprint density at radius 2 is 2.31 bits per heavy atom. The van der Waals surface area contributed by atoms with E-state index in [1.807, 2.05) is 6.92 Å². The van der Waals surface area contributed by atoms with Crippen molar-refractivity contribution in [3.8, 4) is 0 Å². The predicted molar refractivity (Wildman–Crippen MR) is 62.2 cm³/mol. The molecule has 1 fully saturated rings. The molecule has 0 aliphatic carbocycles. The summed E-state index contributed by atoms with van der Waals surface area (Å²) in [4.78, 5) is 13.1. The minimum absolute atomic E-state index is 0.00699. The normalized spacial score (nSPS) is 15.6. The molecule has 0 saturated carbocycles. The standard InChI is InChI=1S/C12H15FN2O/c1-2-14-9-5-6-10(13)11(8-9)15-7-3-4-12(15)16/h5-6,8,14H,2-4,7H2,1H3. The van der Waals surface area contributed by atoms with Crippen molar-refractivity contribution in [2.45, 2.75) is 19.8 Å². The lowest BCUT2D eigenvalue weighted by Crippen LogP contribution is -2.24. The molecule has 1 aromatic carbocycles. The van der Waals surface area contributed by atoms with Gasteiger partial charge < -0.3 is 10.2 Å². The summed E-state index contributed by atoms with van der Waals surface area (Å²) < 4.78 is 13.6. The minimum Gasteiger partial charge on any atom is -0.385 e. The Bertz CT molecular complexity index is 406. The number of hydrogen-bond donors (Lipinski definition) is 1. The van der Waals surface area contributed by atoms with Gasteiger partial charge in [-0.3, -0.25) is 4.79 Å². The van der Waals surface area contributed by atoms with Crippen molar-refractivity contribution in [3.05, 3.63) is 24.0 Å². The molecule has 86 valence electrons. The first-order valence-electron chi connectivity index (χ1n) is 5.56. The van der Waals surface area contributed by atoms with E-state index in [0.717, 1.165) is 18.7 Å². The van der Waals surface area contributed by atoms with E-state index < -0.39 is 0 Å². The molecule has 4 heteroatoms. The molecule has 1 aliphatic heterocycles. The molecule has 1 amide bonds. The molecule has 0 aromatic heterocycles. The average molecular weight is 222 g/mol. The van der Waals surface area contributed by atoms with Crippen LogP contribution in [-0.4, -0.2) is 19.0 Å². The van der Waals surface area contributed by atoms with Crippen molar-refractivity contribution in [3.63, 3.8) is 0 Å². The molecule has 0 spiro atoms. The minimum atomic E-state index is -0.336. The summed E-state index contributed by atoms with van der Waals surface area (Å²) in [7, 11) is 0. The number of carbonyl (C=O) groups is 1. The Labute approximate surface area is 94.3 Å². The lowest BCUT2D eigenvalue weighted by molar-refractivity contribution is -0.117. The van der Waals surface area contributed by atoms with E-state index in [1.165, 1.54) is 11.0 Å². The molecule has 1 N–H and O–H groups in total. The summed E-state index contributed by atoms with van der Waals surface area (Å²) in [6.45, 7) is 3.37. The van der Waals surface area contributed by atoms with Gasteiger partial charge in [0.2, 0.25) is 5.91 Å². The van der Waals surface area contributed by atoms with Gasteiger partial charge >= 0.3 is 0 Å². The van der Waals surface area contributed by atoms with Crippen LogP contribution in [0.1, 0.15) is 19.8 Å². The molecular formula is C12H15FN2O. The number of rotatable bonds is 3. The first-order chi connectivity index (χ1) is 7.72. The molecule has 0 bridgehead atoms. The van der Waals surface area contributed by atoms with Gasteiger partial charge in [0, 0.05) is 25.2 Å². The van der Waals surface area contributed by atoms with Crippen LogP contribution in [0.2, 0.25) is 0 Å².